The quantitative estimate of drug-likeness (QED) is 0.705. The van der Waals surface area contributed by atoms with Gasteiger partial charge in [0.25, 0.3) is 0 Å². The van der Waals surface area contributed by atoms with E-state index in [4.69, 9.17) is 0 Å². The molecule has 0 spiro atoms. The Morgan fingerprint density at radius 1 is 0.920 bits per heavy atom. The predicted octanol–water partition coefficient (Wildman–Crippen LogP) is 4.74. The number of aromatic nitrogens is 2. The maximum Gasteiger partial charge on any atom is 0.229 e. The Balaban J connectivity index is 1.70. The van der Waals surface area contributed by atoms with Gasteiger partial charge in [-0.05, 0) is 25.0 Å². The van der Waals surface area contributed by atoms with Gasteiger partial charge in [-0.1, -0.05) is 30.3 Å². The summed E-state index contributed by atoms with van der Waals surface area (Å²) in [6.45, 7) is 0. The summed E-state index contributed by atoms with van der Waals surface area (Å²) in [4.78, 5) is 8.87. The summed E-state index contributed by atoms with van der Waals surface area (Å²) >= 11 is 0. The first-order valence-electron chi connectivity index (χ1n) is 8.10. The summed E-state index contributed by atoms with van der Waals surface area (Å²) in [7, 11) is 0. The van der Waals surface area contributed by atoms with Gasteiger partial charge in [0, 0.05) is 23.7 Å². The SMILES string of the molecule is Fc1ccc(Nc2nc(NC3CC3)cc(-c3ccccc3)n2)c(F)c1. The molecule has 0 radical (unpaired) electrons. The van der Waals surface area contributed by atoms with E-state index >= 15 is 0 Å². The average Bonchev–Trinajstić information content (AvgIpc) is 3.42. The molecule has 1 aromatic heterocycles. The molecular weight excluding hydrogens is 322 g/mol. The molecule has 1 fully saturated rings. The Morgan fingerprint density at radius 3 is 2.44 bits per heavy atom. The monoisotopic (exact) mass is 338 g/mol. The molecule has 0 amide bonds. The molecule has 0 atom stereocenters. The van der Waals surface area contributed by atoms with Crippen LogP contribution in [-0.4, -0.2) is 16.0 Å². The van der Waals surface area contributed by atoms with Crippen molar-refractivity contribution in [3.05, 3.63) is 66.2 Å². The maximum atomic E-state index is 13.9. The van der Waals surface area contributed by atoms with Gasteiger partial charge in [0.15, 0.2) is 0 Å². The molecule has 0 unspecified atom stereocenters. The van der Waals surface area contributed by atoms with E-state index in [1.54, 1.807) is 0 Å². The van der Waals surface area contributed by atoms with E-state index in [2.05, 4.69) is 20.6 Å². The fourth-order valence-corrected chi connectivity index (χ4v) is 2.48. The fourth-order valence-electron chi connectivity index (χ4n) is 2.48. The van der Waals surface area contributed by atoms with Crippen molar-refractivity contribution in [2.45, 2.75) is 18.9 Å². The maximum absolute atomic E-state index is 13.9. The molecule has 25 heavy (non-hydrogen) atoms. The lowest BCUT2D eigenvalue weighted by atomic mass is 10.1. The highest BCUT2D eigenvalue weighted by molar-refractivity contribution is 5.66. The molecule has 1 aliphatic carbocycles. The molecule has 3 aromatic rings. The number of rotatable bonds is 5. The Labute approximate surface area is 144 Å². The van der Waals surface area contributed by atoms with Gasteiger partial charge in [0.1, 0.15) is 17.5 Å². The van der Waals surface area contributed by atoms with Gasteiger partial charge in [-0.3, -0.25) is 0 Å². The van der Waals surface area contributed by atoms with Gasteiger partial charge in [-0.15, -0.1) is 0 Å². The van der Waals surface area contributed by atoms with E-state index in [-0.39, 0.29) is 11.6 Å². The van der Waals surface area contributed by atoms with Crippen LogP contribution in [0.3, 0.4) is 0 Å². The van der Waals surface area contributed by atoms with E-state index in [9.17, 15) is 8.78 Å². The summed E-state index contributed by atoms with van der Waals surface area (Å²) in [5.74, 6) is -0.375. The molecule has 1 saturated carbocycles. The zero-order chi connectivity index (χ0) is 17.2. The lowest BCUT2D eigenvalue weighted by Crippen LogP contribution is -2.07. The van der Waals surface area contributed by atoms with Gasteiger partial charge in [0.05, 0.1) is 11.4 Å². The van der Waals surface area contributed by atoms with E-state index < -0.39 is 11.6 Å². The van der Waals surface area contributed by atoms with Crippen LogP contribution in [0.5, 0.6) is 0 Å². The van der Waals surface area contributed by atoms with Crippen LogP contribution < -0.4 is 10.6 Å². The van der Waals surface area contributed by atoms with E-state index in [1.807, 2.05) is 36.4 Å². The number of hydrogen-bond acceptors (Lipinski definition) is 4. The molecular formula is C19H16F2N4. The summed E-state index contributed by atoms with van der Waals surface area (Å²) in [5, 5.41) is 6.17. The van der Waals surface area contributed by atoms with E-state index in [0.29, 0.717) is 11.9 Å². The topological polar surface area (TPSA) is 49.8 Å². The first-order chi connectivity index (χ1) is 12.2. The van der Waals surface area contributed by atoms with E-state index in [0.717, 1.165) is 30.2 Å². The molecule has 1 heterocycles. The first kappa shape index (κ1) is 15.5. The predicted molar refractivity (Wildman–Crippen MR) is 93.8 cm³/mol. The van der Waals surface area contributed by atoms with Crippen LogP contribution in [-0.2, 0) is 0 Å². The minimum absolute atomic E-state index is 0.129. The van der Waals surface area contributed by atoms with Gasteiger partial charge < -0.3 is 10.6 Å². The van der Waals surface area contributed by atoms with Gasteiger partial charge in [-0.2, -0.15) is 4.98 Å². The molecule has 0 aliphatic heterocycles. The molecule has 0 saturated heterocycles. The lowest BCUT2D eigenvalue weighted by molar-refractivity contribution is 0.586. The number of hydrogen-bond donors (Lipinski definition) is 2. The molecule has 0 bridgehead atoms. The molecule has 1 aliphatic rings. The second-order valence-electron chi connectivity index (χ2n) is 6.00. The highest BCUT2D eigenvalue weighted by atomic mass is 19.1. The van der Waals surface area contributed by atoms with Gasteiger partial charge in [0.2, 0.25) is 5.95 Å². The van der Waals surface area contributed by atoms with Crippen molar-refractivity contribution < 1.29 is 8.78 Å². The van der Waals surface area contributed by atoms with Gasteiger partial charge >= 0.3 is 0 Å². The molecule has 126 valence electrons. The third kappa shape index (κ3) is 3.74. The highest BCUT2D eigenvalue weighted by Crippen LogP contribution is 2.28. The van der Waals surface area contributed by atoms with Crippen LogP contribution in [0.25, 0.3) is 11.3 Å². The minimum atomic E-state index is -0.689. The number of halogens is 2. The van der Waals surface area contributed by atoms with Crippen molar-refractivity contribution in [1.82, 2.24) is 9.97 Å². The number of nitrogens with zero attached hydrogens (tertiary/aromatic N) is 2. The second-order valence-corrected chi connectivity index (χ2v) is 6.00. The van der Waals surface area contributed by atoms with E-state index in [1.165, 1.54) is 12.1 Å². The number of benzene rings is 2. The van der Waals surface area contributed by atoms with Crippen molar-refractivity contribution in [2.75, 3.05) is 10.6 Å². The minimum Gasteiger partial charge on any atom is -0.367 e. The zero-order valence-corrected chi connectivity index (χ0v) is 13.3. The third-order valence-electron chi connectivity index (χ3n) is 3.90. The van der Waals surface area contributed by atoms with Crippen LogP contribution in [0, 0.1) is 11.6 Å². The Morgan fingerprint density at radius 2 is 1.72 bits per heavy atom. The Kier molecular flexibility index (Phi) is 4.01. The average molecular weight is 338 g/mol. The summed E-state index contributed by atoms with van der Waals surface area (Å²) < 4.78 is 27.0. The summed E-state index contributed by atoms with van der Waals surface area (Å²) in [6, 6.07) is 15.3. The largest absolute Gasteiger partial charge is 0.367 e. The van der Waals surface area contributed by atoms with Crippen molar-refractivity contribution in [3.8, 4) is 11.3 Å². The molecule has 4 nitrogen and oxygen atoms in total. The van der Waals surface area contributed by atoms with Crippen LogP contribution in [0.2, 0.25) is 0 Å². The lowest BCUT2D eigenvalue weighted by Gasteiger charge is -2.11. The van der Waals surface area contributed by atoms with Crippen molar-refractivity contribution in [2.24, 2.45) is 0 Å². The first-order valence-corrected chi connectivity index (χ1v) is 8.10. The Bertz CT molecular complexity index is 895. The Hall–Kier alpha value is -3.02. The molecule has 6 heteroatoms. The van der Waals surface area contributed by atoms with Crippen LogP contribution in [0.15, 0.2) is 54.6 Å². The van der Waals surface area contributed by atoms with Gasteiger partial charge in [-0.25, -0.2) is 13.8 Å². The van der Waals surface area contributed by atoms with Crippen molar-refractivity contribution >= 4 is 17.5 Å². The normalized spacial score (nSPS) is 13.5. The smallest absolute Gasteiger partial charge is 0.229 e. The molecule has 2 N–H and O–H groups in total. The van der Waals surface area contributed by atoms with Crippen LogP contribution >= 0.6 is 0 Å². The number of nitrogens with one attached hydrogen (secondary N) is 2. The highest BCUT2D eigenvalue weighted by Gasteiger charge is 2.22. The summed E-state index contributed by atoms with van der Waals surface area (Å²) in [6.07, 6.45) is 2.22. The second kappa shape index (κ2) is 6.47. The zero-order valence-electron chi connectivity index (χ0n) is 13.3. The summed E-state index contributed by atoms with van der Waals surface area (Å²) in [5.41, 5.74) is 1.79. The van der Waals surface area contributed by atoms with Crippen LogP contribution in [0.1, 0.15) is 12.8 Å². The fraction of sp³-hybridized carbons (Fsp3) is 0.158. The molecule has 4 rings (SSSR count). The molecule has 2 aromatic carbocycles. The van der Waals surface area contributed by atoms with Crippen LogP contribution in [0.4, 0.5) is 26.2 Å². The standard InChI is InChI=1S/C19H16F2N4/c20-13-6-9-16(15(21)10-13)23-19-24-17(12-4-2-1-3-5-12)11-18(25-19)22-14-7-8-14/h1-6,9-11,14H,7-8H2,(H2,22,23,24,25). The van der Waals surface area contributed by atoms with Crippen molar-refractivity contribution in [1.29, 1.82) is 0 Å². The third-order valence-corrected chi connectivity index (χ3v) is 3.90. The van der Waals surface area contributed by atoms with Crippen molar-refractivity contribution in [3.63, 3.8) is 0 Å². The number of anilines is 3.